The maximum Gasteiger partial charge on any atom is 0.0645 e. The number of rotatable bonds is 1. The summed E-state index contributed by atoms with van der Waals surface area (Å²) in [7, 11) is 0. The van der Waals surface area contributed by atoms with Gasteiger partial charge in [0.25, 0.3) is 0 Å². The van der Waals surface area contributed by atoms with Crippen LogP contribution in [0.4, 0.5) is 0 Å². The van der Waals surface area contributed by atoms with Crippen LogP contribution in [0.5, 0.6) is 0 Å². The van der Waals surface area contributed by atoms with Crippen molar-refractivity contribution in [3.8, 4) is 0 Å². The highest BCUT2D eigenvalue weighted by atomic mass is 35.5. The summed E-state index contributed by atoms with van der Waals surface area (Å²) in [5.41, 5.74) is 3.69. The summed E-state index contributed by atoms with van der Waals surface area (Å²) in [5, 5.41) is 2.32. The molecule has 0 saturated heterocycles. The highest BCUT2D eigenvalue weighted by molar-refractivity contribution is 6.45. The van der Waals surface area contributed by atoms with Crippen LogP contribution < -0.4 is 0 Å². The summed E-state index contributed by atoms with van der Waals surface area (Å²) in [6, 6.07) is 0. The van der Waals surface area contributed by atoms with Gasteiger partial charge in [0.15, 0.2) is 0 Å². The summed E-state index contributed by atoms with van der Waals surface area (Å²) in [4.78, 5) is 0. The van der Waals surface area contributed by atoms with Gasteiger partial charge in [-0.15, -0.1) is 0 Å². The van der Waals surface area contributed by atoms with E-state index in [0.717, 1.165) is 27.9 Å². The van der Waals surface area contributed by atoms with Crippen molar-refractivity contribution in [2.24, 2.45) is 11.8 Å². The predicted molar refractivity (Wildman–Crippen MR) is 97.7 cm³/mol. The first-order valence-electron chi connectivity index (χ1n) is 8.48. The molecule has 0 spiro atoms. The molecule has 1 aromatic carbocycles. The van der Waals surface area contributed by atoms with E-state index in [9.17, 15) is 0 Å². The largest absolute Gasteiger partial charge is 0.0837 e. The van der Waals surface area contributed by atoms with Crippen LogP contribution in [0.2, 0.25) is 15.1 Å². The molecule has 2 aliphatic rings. The van der Waals surface area contributed by atoms with E-state index < -0.39 is 0 Å². The van der Waals surface area contributed by atoms with Gasteiger partial charge in [-0.05, 0) is 59.1 Å². The quantitative estimate of drug-likeness (QED) is 0.458. The molecule has 0 amide bonds. The smallest absolute Gasteiger partial charge is 0.0645 e. The maximum absolute atomic E-state index is 6.80. The first-order valence-corrected chi connectivity index (χ1v) is 9.62. The van der Waals surface area contributed by atoms with Crippen LogP contribution in [-0.4, -0.2) is 0 Å². The lowest BCUT2D eigenvalue weighted by molar-refractivity contribution is 0.118. The molecule has 3 rings (SSSR count). The maximum atomic E-state index is 6.80. The fraction of sp³-hybridized carbons (Fsp3) is 0.684. The molecule has 0 nitrogen and oxygen atoms in total. The van der Waals surface area contributed by atoms with Crippen LogP contribution >= 0.6 is 34.8 Å². The number of fused-ring (bicyclic) bond motifs is 3. The van der Waals surface area contributed by atoms with Crippen molar-refractivity contribution in [1.82, 2.24) is 0 Å². The molecule has 1 saturated carbocycles. The summed E-state index contributed by atoms with van der Waals surface area (Å²) < 4.78 is 0. The molecule has 122 valence electrons. The van der Waals surface area contributed by atoms with E-state index in [-0.39, 0.29) is 5.41 Å². The molecule has 0 N–H and O–H groups in total. The Kier molecular flexibility index (Phi) is 4.52. The predicted octanol–water partition coefficient (Wildman–Crippen LogP) is 7.41. The zero-order chi connectivity index (χ0) is 16.2. The lowest BCUT2D eigenvalue weighted by atomic mass is 9.55. The van der Waals surface area contributed by atoms with Crippen molar-refractivity contribution in [3.05, 3.63) is 31.8 Å². The van der Waals surface area contributed by atoms with E-state index in [1.165, 1.54) is 36.8 Å². The van der Waals surface area contributed by atoms with E-state index in [4.69, 9.17) is 34.8 Å². The van der Waals surface area contributed by atoms with Crippen molar-refractivity contribution >= 4 is 34.8 Å². The van der Waals surface area contributed by atoms with Gasteiger partial charge in [-0.1, -0.05) is 75.3 Å². The molecular weight excluding hydrogens is 335 g/mol. The van der Waals surface area contributed by atoms with Crippen molar-refractivity contribution in [2.75, 3.05) is 0 Å². The van der Waals surface area contributed by atoms with Crippen molar-refractivity contribution < 1.29 is 0 Å². The Bertz CT molecular complexity index is 605. The van der Waals surface area contributed by atoms with Gasteiger partial charge < -0.3 is 0 Å². The summed E-state index contributed by atoms with van der Waals surface area (Å²) in [5.74, 6) is 1.74. The minimum Gasteiger partial charge on any atom is -0.0837 e. The Morgan fingerprint density at radius 1 is 1.05 bits per heavy atom. The normalized spacial score (nSPS) is 31.1. The van der Waals surface area contributed by atoms with Gasteiger partial charge in [-0.25, -0.2) is 0 Å². The zero-order valence-corrected chi connectivity index (χ0v) is 16.2. The monoisotopic (exact) mass is 358 g/mol. The molecule has 3 atom stereocenters. The van der Waals surface area contributed by atoms with Gasteiger partial charge in [0.2, 0.25) is 0 Å². The van der Waals surface area contributed by atoms with Crippen LogP contribution in [0.15, 0.2) is 0 Å². The van der Waals surface area contributed by atoms with Gasteiger partial charge in [0.05, 0.1) is 10.0 Å². The summed E-state index contributed by atoms with van der Waals surface area (Å²) in [6.07, 6.45) is 6.06. The lowest BCUT2D eigenvalue weighted by Crippen LogP contribution is -2.43. The Balaban J connectivity index is 2.26. The van der Waals surface area contributed by atoms with E-state index in [1.54, 1.807) is 0 Å². The highest BCUT2D eigenvalue weighted by Crippen LogP contribution is 2.57. The second-order valence-electron chi connectivity index (χ2n) is 7.80. The van der Waals surface area contributed by atoms with Crippen LogP contribution in [0.25, 0.3) is 0 Å². The highest BCUT2D eigenvalue weighted by Gasteiger charge is 2.47. The second kappa shape index (κ2) is 5.87. The number of hydrogen-bond donors (Lipinski definition) is 0. The van der Waals surface area contributed by atoms with Crippen molar-refractivity contribution in [2.45, 2.75) is 71.1 Å². The van der Waals surface area contributed by atoms with E-state index in [0.29, 0.717) is 16.9 Å². The van der Waals surface area contributed by atoms with Crippen LogP contribution in [0.3, 0.4) is 0 Å². The third-order valence-electron chi connectivity index (χ3n) is 6.17. The number of hydrogen-bond acceptors (Lipinski definition) is 0. The van der Waals surface area contributed by atoms with Gasteiger partial charge in [0, 0.05) is 5.02 Å². The van der Waals surface area contributed by atoms with E-state index >= 15 is 0 Å². The Morgan fingerprint density at radius 2 is 1.73 bits per heavy atom. The molecule has 3 unspecified atom stereocenters. The number of benzene rings is 1. The third kappa shape index (κ3) is 2.33. The molecule has 1 fully saturated rings. The first kappa shape index (κ1) is 16.9. The van der Waals surface area contributed by atoms with Crippen molar-refractivity contribution in [1.29, 1.82) is 0 Å². The Morgan fingerprint density at radius 3 is 2.36 bits per heavy atom. The molecule has 1 aromatic rings. The Hall–Kier alpha value is 0.0900. The fourth-order valence-electron chi connectivity index (χ4n) is 5.09. The first-order chi connectivity index (χ1) is 10.3. The van der Waals surface area contributed by atoms with Crippen LogP contribution in [0, 0.1) is 11.8 Å². The topological polar surface area (TPSA) is 0 Å². The molecule has 22 heavy (non-hydrogen) atoms. The summed E-state index contributed by atoms with van der Waals surface area (Å²) in [6.45, 7) is 9.04. The summed E-state index contributed by atoms with van der Waals surface area (Å²) >= 11 is 20.2. The minimum absolute atomic E-state index is 0.130. The van der Waals surface area contributed by atoms with Gasteiger partial charge >= 0.3 is 0 Å². The lowest BCUT2D eigenvalue weighted by Gasteiger charge is -2.50. The molecule has 3 heteroatoms. The van der Waals surface area contributed by atoms with Crippen molar-refractivity contribution in [3.63, 3.8) is 0 Å². The minimum atomic E-state index is 0.130. The standard InChI is InChI=1S/C19H25Cl3/c1-10(2)14-16(20)12-7-8-13-11(3)6-5-9-19(13,4)15(12)18(22)17(14)21/h10-11,13H,5-9H2,1-4H3. The van der Waals surface area contributed by atoms with E-state index in [2.05, 4.69) is 27.7 Å². The fourth-order valence-corrected chi connectivity index (χ4v) is 6.47. The van der Waals surface area contributed by atoms with Crippen LogP contribution in [0.1, 0.15) is 76.0 Å². The van der Waals surface area contributed by atoms with Gasteiger partial charge in [-0.3, -0.25) is 0 Å². The Labute approximate surface area is 149 Å². The molecular formula is C19H25Cl3. The molecule has 0 radical (unpaired) electrons. The average Bonchev–Trinajstić information content (AvgIpc) is 2.43. The average molecular weight is 360 g/mol. The molecule has 0 aliphatic heterocycles. The van der Waals surface area contributed by atoms with Gasteiger partial charge in [0.1, 0.15) is 0 Å². The number of halogens is 3. The zero-order valence-electron chi connectivity index (χ0n) is 13.9. The molecule has 0 bridgehead atoms. The van der Waals surface area contributed by atoms with Gasteiger partial charge in [-0.2, -0.15) is 0 Å². The molecule has 2 aliphatic carbocycles. The second-order valence-corrected chi connectivity index (χ2v) is 8.93. The molecule has 0 aromatic heterocycles. The third-order valence-corrected chi connectivity index (χ3v) is 7.47. The van der Waals surface area contributed by atoms with Crippen LogP contribution in [-0.2, 0) is 11.8 Å². The van der Waals surface area contributed by atoms with E-state index in [1.807, 2.05) is 0 Å². The SMILES string of the molecule is CC(C)c1c(Cl)c(Cl)c2c(c1Cl)CCC1C(C)CCCC21C. The molecule has 0 heterocycles.